The number of aliphatic hydroxyl groups is 1. The van der Waals surface area contributed by atoms with Crippen LogP contribution in [0.25, 0.3) is 0 Å². The molecule has 0 aromatic heterocycles. The van der Waals surface area contributed by atoms with Gasteiger partial charge in [0.25, 0.3) is 0 Å². The summed E-state index contributed by atoms with van der Waals surface area (Å²) in [5.41, 5.74) is -0.0893. The Morgan fingerprint density at radius 1 is 1.22 bits per heavy atom. The molecule has 0 aromatic rings. The van der Waals surface area contributed by atoms with Gasteiger partial charge in [-0.1, -0.05) is 6.92 Å². The molecule has 0 amide bonds. The highest BCUT2D eigenvalue weighted by atomic mass is 16.5. The SMILES string of the molecule is CCC(C)(C)OCCCCC(C)(CO)NC1CC1. The zero-order valence-electron chi connectivity index (χ0n) is 12.6. The normalized spacial score (nSPS) is 19.8. The monoisotopic (exact) mass is 257 g/mol. The van der Waals surface area contributed by atoms with Crippen LogP contribution in [0.3, 0.4) is 0 Å². The minimum Gasteiger partial charge on any atom is -0.394 e. The van der Waals surface area contributed by atoms with Crippen LogP contribution >= 0.6 is 0 Å². The molecule has 18 heavy (non-hydrogen) atoms. The number of hydrogen-bond donors (Lipinski definition) is 2. The number of rotatable bonds is 10. The maximum absolute atomic E-state index is 9.49. The van der Waals surface area contributed by atoms with Crippen LogP contribution in [-0.2, 0) is 4.74 Å². The molecule has 1 aliphatic carbocycles. The largest absolute Gasteiger partial charge is 0.394 e. The van der Waals surface area contributed by atoms with Gasteiger partial charge in [0.05, 0.1) is 12.2 Å². The van der Waals surface area contributed by atoms with Crippen molar-refractivity contribution in [3.63, 3.8) is 0 Å². The summed E-state index contributed by atoms with van der Waals surface area (Å²) in [6.45, 7) is 9.61. The van der Waals surface area contributed by atoms with Crippen LogP contribution in [-0.4, -0.2) is 35.5 Å². The van der Waals surface area contributed by atoms with Crippen molar-refractivity contribution in [1.82, 2.24) is 5.32 Å². The predicted molar refractivity (Wildman–Crippen MR) is 75.8 cm³/mol. The molecular formula is C15H31NO2. The van der Waals surface area contributed by atoms with Crippen molar-refractivity contribution < 1.29 is 9.84 Å². The van der Waals surface area contributed by atoms with E-state index in [0.29, 0.717) is 6.04 Å². The third-order valence-corrected chi connectivity index (χ3v) is 3.95. The van der Waals surface area contributed by atoms with Gasteiger partial charge in [0, 0.05) is 18.2 Å². The molecule has 1 saturated carbocycles. The van der Waals surface area contributed by atoms with E-state index in [1.807, 2.05) is 0 Å². The third kappa shape index (κ3) is 6.17. The van der Waals surface area contributed by atoms with Gasteiger partial charge in [-0.25, -0.2) is 0 Å². The molecule has 3 nitrogen and oxygen atoms in total. The quantitative estimate of drug-likeness (QED) is 0.591. The summed E-state index contributed by atoms with van der Waals surface area (Å²) in [7, 11) is 0. The van der Waals surface area contributed by atoms with Crippen LogP contribution in [0, 0.1) is 0 Å². The Bertz CT molecular complexity index is 239. The van der Waals surface area contributed by atoms with E-state index < -0.39 is 0 Å². The third-order valence-electron chi connectivity index (χ3n) is 3.95. The zero-order chi connectivity index (χ0) is 13.6. The van der Waals surface area contributed by atoms with Gasteiger partial charge in [-0.3, -0.25) is 0 Å². The van der Waals surface area contributed by atoms with E-state index in [2.05, 4.69) is 33.0 Å². The molecule has 1 fully saturated rings. The highest BCUT2D eigenvalue weighted by Gasteiger charge is 2.31. The first-order valence-corrected chi connectivity index (χ1v) is 7.43. The lowest BCUT2D eigenvalue weighted by molar-refractivity contribution is -0.0223. The molecular weight excluding hydrogens is 226 g/mol. The van der Waals surface area contributed by atoms with Crippen LogP contribution < -0.4 is 5.32 Å². The number of aliphatic hydroxyl groups excluding tert-OH is 1. The van der Waals surface area contributed by atoms with Gasteiger partial charge in [0.2, 0.25) is 0 Å². The summed E-state index contributed by atoms with van der Waals surface area (Å²) in [5, 5.41) is 13.0. The van der Waals surface area contributed by atoms with Crippen LogP contribution in [0.1, 0.15) is 66.2 Å². The van der Waals surface area contributed by atoms with Gasteiger partial charge in [-0.2, -0.15) is 0 Å². The fourth-order valence-corrected chi connectivity index (χ4v) is 1.99. The second kappa shape index (κ2) is 6.88. The van der Waals surface area contributed by atoms with Crippen molar-refractivity contribution >= 4 is 0 Å². The molecule has 2 N–H and O–H groups in total. The molecule has 0 aliphatic heterocycles. The Morgan fingerprint density at radius 3 is 2.39 bits per heavy atom. The van der Waals surface area contributed by atoms with E-state index in [9.17, 15) is 5.11 Å². The average Bonchev–Trinajstić information content (AvgIpc) is 3.12. The molecule has 0 saturated heterocycles. The second-order valence-corrected chi connectivity index (χ2v) is 6.56. The van der Waals surface area contributed by atoms with E-state index in [1.54, 1.807) is 0 Å². The fraction of sp³-hybridized carbons (Fsp3) is 1.00. The summed E-state index contributed by atoms with van der Waals surface area (Å²) in [6, 6.07) is 0.650. The molecule has 1 rings (SSSR count). The van der Waals surface area contributed by atoms with Gasteiger partial charge < -0.3 is 15.2 Å². The van der Waals surface area contributed by atoms with Crippen LogP contribution in [0.2, 0.25) is 0 Å². The maximum Gasteiger partial charge on any atom is 0.0623 e. The van der Waals surface area contributed by atoms with Gasteiger partial charge in [-0.15, -0.1) is 0 Å². The van der Waals surface area contributed by atoms with Crippen molar-refractivity contribution in [3.8, 4) is 0 Å². The summed E-state index contributed by atoms with van der Waals surface area (Å²) >= 11 is 0. The second-order valence-electron chi connectivity index (χ2n) is 6.56. The molecule has 0 spiro atoms. The molecule has 1 atom stereocenters. The lowest BCUT2D eigenvalue weighted by atomic mass is 9.95. The molecule has 0 bridgehead atoms. The van der Waals surface area contributed by atoms with Crippen LogP contribution in [0.15, 0.2) is 0 Å². The first kappa shape index (κ1) is 15.9. The fourth-order valence-electron chi connectivity index (χ4n) is 1.99. The maximum atomic E-state index is 9.49. The molecule has 108 valence electrons. The Labute approximate surface area is 112 Å². The number of unbranched alkanes of at least 4 members (excludes halogenated alkanes) is 1. The summed E-state index contributed by atoms with van der Waals surface area (Å²) in [5.74, 6) is 0. The van der Waals surface area contributed by atoms with Gasteiger partial charge >= 0.3 is 0 Å². The Balaban J connectivity index is 2.11. The molecule has 1 unspecified atom stereocenters. The summed E-state index contributed by atoms with van der Waals surface area (Å²) in [6.07, 6.45) is 6.79. The standard InChI is InChI=1S/C15H31NO2/c1-5-14(2,3)18-11-7-6-10-15(4,12-17)16-13-8-9-13/h13,16-17H,5-12H2,1-4H3. The van der Waals surface area contributed by atoms with Crippen LogP contribution in [0.4, 0.5) is 0 Å². The van der Waals surface area contributed by atoms with E-state index in [-0.39, 0.29) is 17.7 Å². The Morgan fingerprint density at radius 2 is 1.89 bits per heavy atom. The molecule has 1 aliphatic rings. The van der Waals surface area contributed by atoms with Crippen LogP contribution in [0.5, 0.6) is 0 Å². The highest BCUT2D eigenvalue weighted by Crippen LogP contribution is 2.25. The minimum absolute atomic E-state index is 0.00649. The van der Waals surface area contributed by atoms with Crippen molar-refractivity contribution in [1.29, 1.82) is 0 Å². The van der Waals surface area contributed by atoms with E-state index in [4.69, 9.17) is 4.74 Å². The lowest BCUT2D eigenvalue weighted by Gasteiger charge is -2.29. The van der Waals surface area contributed by atoms with E-state index in [0.717, 1.165) is 32.3 Å². The molecule has 0 aromatic carbocycles. The smallest absolute Gasteiger partial charge is 0.0623 e. The Hall–Kier alpha value is -0.120. The topological polar surface area (TPSA) is 41.5 Å². The first-order chi connectivity index (χ1) is 8.41. The zero-order valence-corrected chi connectivity index (χ0v) is 12.6. The number of nitrogens with one attached hydrogen (secondary N) is 1. The molecule has 0 radical (unpaired) electrons. The van der Waals surface area contributed by atoms with Crippen molar-refractivity contribution in [2.24, 2.45) is 0 Å². The predicted octanol–water partition coefficient (Wildman–Crippen LogP) is 2.86. The van der Waals surface area contributed by atoms with Gasteiger partial charge in [-0.05, 0) is 59.3 Å². The van der Waals surface area contributed by atoms with E-state index >= 15 is 0 Å². The number of hydrogen-bond acceptors (Lipinski definition) is 3. The Kier molecular flexibility index (Phi) is 6.09. The van der Waals surface area contributed by atoms with Gasteiger partial charge in [0.1, 0.15) is 0 Å². The van der Waals surface area contributed by atoms with Gasteiger partial charge in [0.15, 0.2) is 0 Å². The minimum atomic E-state index is -0.0958. The average molecular weight is 257 g/mol. The highest BCUT2D eigenvalue weighted by molar-refractivity contribution is 4.92. The lowest BCUT2D eigenvalue weighted by Crippen LogP contribution is -2.46. The summed E-state index contributed by atoms with van der Waals surface area (Å²) < 4.78 is 5.84. The van der Waals surface area contributed by atoms with Crippen molar-refractivity contribution in [3.05, 3.63) is 0 Å². The van der Waals surface area contributed by atoms with Crippen molar-refractivity contribution in [2.75, 3.05) is 13.2 Å². The first-order valence-electron chi connectivity index (χ1n) is 7.43. The molecule has 3 heteroatoms. The molecule has 0 heterocycles. The van der Waals surface area contributed by atoms with E-state index in [1.165, 1.54) is 12.8 Å². The van der Waals surface area contributed by atoms with Crippen molar-refractivity contribution in [2.45, 2.75) is 83.4 Å². The number of ether oxygens (including phenoxy) is 1. The summed E-state index contributed by atoms with van der Waals surface area (Å²) in [4.78, 5) is 0.